The quantitative estimate of drug-likeness (QED) is 0.454. The van der Waals surface area contributed by atoms with Crippen LogP contribution in [0.15, 0.2) is 39.9 Å². The van der Waals surface area contributed by atoms with Crippen molar-refractivity contribution in [2.45, 2.75) is 6.61 Å². The molecule has 0 spiro atoms. The highest BCUT2D eigenvalue weighted by molar-refractivity contribution is 7.97. The van der Waals surface area contributed by atoms with Gasteiger partial charge in [-0.05, 0) is 24.3 Å². The third-order valence-corrected chi connectivity index (χ3v) is 3.64. The number of nitrogens with zero attached hydrogens (tertiary/aromatic N) is 1. The average Bonchev–Trinajstić information content (AvgIpc) is 2.97. The van der Waals surface area contributed by atoms with E-state index < -0.39 is 6.03 Å². The molecule has 1 aromatic heterocycles. The Morgan fingerprint density at radius 3 is 2.91 bits per heavy atom. The van der Waals surface area contributed by atoms with E-state index in [1.807, 2.05) is 0 Å². The molecule has 2 amide bonds. The number of hydrogen-bond acceptors (Lipinski definition) is 5. The molecule has 0 bridgehead atoms. The number of furan rings is 1. The first-order valence-corrected chi connectivity index (χ1v) is 8.35. The Labute approximate surface area is 147 Å². The van der Waals surface area contributed by atoms with E-state index in [1.165, 1.54) is 18.2 Å². The third-order valence-electron chi connectivity index (χ3n) is 2.51. The number of carbonyl (C=O) groups excluding carboxylic acids is 1. The molecule has 6 nitrogen and oxygen atoms in total. The van der Waals surface area contributed by atoms with E-state index in [-0.39, 0.29) is 6.61 Å². The van der Waals surface area contributed by atoms with Crippen molar-refractivity contribution in [3.05, 3.63) is 51.9 Å². The summed E-state index contributed by atoms with van der Waals surface area (Å²) in [6, 6.07) is 8.05. The second kappa shape index (κ2) is 8.71. The van der Waals surface area contributed by atoms with E-state index in [4.69, 9.17) is 32.4 Å². The normalized spacial score (nSPS) is 10.7. The summed E-state index contributed by atoms with van der Waals surface area (Å²) in [5.41, 5.74) is 2.29. The highest BCUT2D eigenvalue weighted by Gasteiger charge is 2.04. The number of ether oxygens (including phenoxy) is 1. The predicted molar refractivity (Wildman–Crippen MR) is 92.3 cm³/mol. The molecule has 0 saturated carbocycles. The number of benzene rings is 1. The predicted octanol–water partition coefficient (Wildman–Crippen LogP) is 4.08. The molecule has 122 valence electrons. The molecule has 2 N–H and O–H groups in total. The molecular weight excluding hydrogens is 361 g/mol. The highest BCUT2D eigenvalue weighted by atomic mass is 35.5. The second-order valence-corrected chi connectivity index (χ2v) is 5.60. The largest absolute Gasteiger partial charge is 0.486 e. The molecule has 0 unspecified atom stereocenters. The summed E-state index contributed by atoms with van der Waals surface area (Å²) in [6.07, 6.45) is 3.12. The number of amides is 2. The van der Waals surface area contributed by atoms with Gasteiger partial charge in [0.15, 0.2) is 0 Å². The first kappa shape index (κ1) is 17.5. The van der Waals surface area contributed by atoms with Gasteiger partial charge in [-0.25, -0.2) is 10.2 Å². The van der Waals surface area contributed by atoms with Gasteiger partial charge in [-0.2, -0.15) is 5.10 Å². The van der Waals surface area contributed by atoms with Crippen LogP contribution in [0.25, 0.3) is 0 Å². The van der Waals surface area contributed by atoms with Gasteiger partial charge in [0.25, 0.3) is 0 Å². The van der Waals surface area contributed by atoms with Crippen LogP contribution >= 0.6 is 35.1 Å². The monoisotopic (exact) mass is 373 g/mol. The Bertz CT molecular complexity index is 706. The third kappa shape index (κ3) is 5.70. The molecule has 23 heavy (non-hydrogen) atoms. The summed E-state index contributed by atoms with van der Waals surface area (Å²) in [6.45, 7) is 0.228. The lowest BCUT2D eigenvalue weighted by molar-refractivity contribution is 0.247. The fourth-order valence-corrected chi connectivity index (χ4v) is 2.05. The summed E-state index contributed by atoms with van der Waals surface area (Å²) >= 11 is 12.9. The van der Waals surface area contributed by atoms with Crippen LogP contribution in [-0.4, -0.2) is 18.5 Å². The summed E-state index contributed by atoms with van der Waals surface area (Å²) in [7, 11) is 0. The zero-order valence-electron chi connectivity index (χ0n) is 12.0. The molecule has 0 aliphatic carbocycles. The van der Waals surface area contributed by atoms with E-state index >= 15 is 0 Å². The fraction of sp³-hybridized carbons (Fsp3) is 0.143. The number of hydrazone groups is 1. The molecule has 2 aromatic rings. The first-order valence-electron chi connectivity index (χ1n) is 6.37. The summed E-state index contributed by atoms with van der Waals surface area (Å²) < 4.78 is 13.5. The van der Waals surface area contributed by atoms with Gasteiger partial charge >= 0.3 is 6.03 Å². The second-order valence-electron chi connectivity index (χ2n) is 4.17. The summed E-state index contributed by atoms with van der Waals surface area (Å²) in [4.78, 5) is 11.1. The lowest BCUT2D eigenvalue weighted by Crippen LogP contribution is -2.26. The van der Waals surface area contributed by atoms with E-state index in [1.54, 1.807) is 36.6 Å². The molecule has 0 atom stereocenters. The lowest BCUT2D eigenvalue weighted by atomic mass is 10.3. The van der Waals surface area contributed by atoms with Gasteiger partial charge in [0.1, 0.15) is 23.9 Å². The average molecular weight is 374 g/mol. The van der Waals surface area contributed by atoms with Gasteiger partial charge in [0.05, 0.1) is 16.3 Å². The van der Waals surface area contributed by atoms with Gasteiger partial charge in [0.2, 0.25) is 0 Å². The van der Waals surface area contributed by atoms with E-state index in [9.17, 15) is 4.79 Å². The van der Waals surface area contributed by atoms with Crippen LogP contribution in [0.3, 0.4) is 0 Å². The molecule has 0 aliphatic heterocycles. The van der Waals surface area contributed by atoms with Crippen LogP contribution in [0.4, 0.5) is 4.79 Å². The molecular formula is C14H13Cl2N3O3S. The minimum atomic E-state index is -0.413. The Kier molecular flexibility index (Phi) is 6.64. The van der Waals surface area contributed by atoms with Gasteiger partial charge in [-0.15, -0.1) is 0 Å². The standard InChI is InChI=1S/C14H13Cl2N3O3S/c1-23-19-14(20)18-17-7-10-2-3-11(22-10)8-21-9-4-5-12(15)13(16)6-9/h2-7H,8H2,1H3,(H2,18,19,20)/b17-7+. The molecule has 0 aliphatic rings. The van der Waals surface area contributed by atoms with Crippen molar-refractivity contribution < 1.29 is 13.9 Å². The number of rotatable bonds is 6. The van der Waals surface area contributed by atoms with Crippen molar-refractivity contribution >= 4 is 47.4 Å². The number of urea groups is 1. The van der Waals surface area contributed by atoms with Gasteiger partial charge in [0, 0.05) is 12.3 Å². The highest BCUT2D eigenvalue weighted by Crippen LogP contribution is 2.26. The van der Waals surface area contributed by atoms with Crippen LogP contribution in [0.5, 0.6) is 5.75 Å². The maximum absolute atomic E-state index is 11.1. The van der Waals surface area contributed by atoms with Crippen molar-refractivity contribution in [3.63, 3.8) is 0 Å². The topological polar surface area (TPSA) is 75.9 Å². The molecule has 1 aromatic carbocycles. The SMILES string of the molecule is CSNC(=O)N/N=C/c1ccc(COc2ccc(Cl)c(Cl)c2)o1. The fourth-order valence-electron chi connectivity index (χ4n) is 1.53. The van der Waals surface area contributed by atoms with Gasteiger partial charge < -0.3 is 9.15 Å². The Balaban J connectivity index is 1.85. The van der Waals surface area contributed by atoms with Crippen molar-refractivity contribution in [3.8, 4) is 5.75 Å². The Morgan fingerprint density at radius 1 is 1.35 bits per heavy atom. The molecule has 9 heteroatoms. The maximum atomic E-state index is 11.1. The minimum Gasteiger partial charge on any atom is -0.486 e. The molecule has 0 fully saturated rings. The van der Waals surface area contributed by atoms with Crippen molar-refractivity contribution in [1.82, 2.24) is 10.1 Å². The van der Waals surface area contributed by atoms with Crippen LogP contribution in [0.1, 0.15) is 11.5 Å². The van der Waals surface area contributed by atoms with Crippen molar-refractivity contribution in [2.24, 2.45) is 5.10 Å². The summed E-state index contributed by atoms with van der Waals surface area (Å²) in [5.74, 6) is 1.68. The van der Waals surface area contributed by atoms with Gasteiger partial charge in [-0.3, -0.25) is 4.72 Å². The number of nitrogens with one attached hydrogen (secondary N) is 2. The van der Waals surface area contributed by atoms with E-state index in [0.29, 0.717) is 27.3 Å². The number of hydrogen-bond donors (Lipinski definition) is 2. The number of carbonyl (C=O) groups is 1. The zero-order chi connectivity index (χ0) is 16.7. The summed E-state index contributed by atoms with van der Waals surface area (Å²) in [5, 5.41) is 4.63. The molecule has 1 heterocycles. The zero-order valence-corrected chi connectivity index (χ0v) is 14.3. The van der Waals surface area contributed by atoms with Crippen molar-refractivity contribution in [1.29, 1.82) is 0 Å². The molecule has 2 rings (SSSR count). The first-order chi connectivity index (χ1) is 11.1. The van der Waals surface area contributed by atoms with Gasteiger partial charge in [-0.1, -0.05) is 35.1 Å². The Hall–Kier alpha value is -1.83. The lowest BCUT2D eigenvalue weighted by Gasteiger charge is -2.05. The van der Waals surface area contributed by atoms with Crippen molar-refractivity contribution in [2.75, 3.05) is 6.26 Å². The van der Waals surface area contributed by atoms with E-state index in [2.05, 4.69) is 15.2 Å². The van der Waals surface area contributed by atoms with Crippen LogP contribution < -0.4 is 14.9 Å². The van der Waals surface area contributed by atoms with Crippen LogP contribution in [-0.2, 0) is 6.61 Å². The molecule has 0 radical (unpaired) electrons. The smallest absolute Gasteiger partial charge is 0.345 e. The minimum absolute atomic E-state index is 0.228. The number of halogens is 2. The van der Waals surface area contributed by atoms with Crippen LogP contribution in [0.2, 0.25) is 10.0 Å². The van der Waals surface area contributed by atoms with Crippen LogP contribution in [0, 0.1) is 0 Å². The van der Waals surface area contributed by atoms with E-state index in [0.717, 1.165) is 0 Å². The molecule has 0 saturated heterocycles. The Morgan fingerprint density at radius 2 is 2.17 bits per heavy atom. The maximum Gasteiger partial charge on any atom is 0.345 e.